The number of hydrogen-bond donors (Lipinski definition) is 3. The van der Waals surface area contributed by atoms with Crippen molar-refractivity contribution in [3.63, 3.8) is 0 Å². The lowest BCUT2D eigenvalue weighted by molar-refractivity contribution is -0.0664. The third-order valence-electron chi connectivity index (χ3n) is 3.63. The molecule has 0 amide bonds. The summed E-state index contributed by atoms with van der Waals surface area (Å²) in [5.41, 5.74) is 6.46. The highest BCUT2D eigenvalue weighted by Gasteiger charge is 2.52. The van der Waals surface area contributed by atoms with E-state index in [9.17, 15) is 14.6 Å². The Morgan fingerprint density at radius 3 is 3.05 bits per heavy atom. The lowest BCUT2D eigenvalue weighted by atomic mass is 10.1. The number of fused-ring (bicyclic) bond motifs is 2. The second-order valence-corrected chi connectivity index (χ2v) is 6.38. The molecule has 2 saturated heterocycles. The summed E-state index contributed by atoms with van der Waals surface area (Å²) in [6.45, 7) is -0.157. The van der Waals surface area contributed by atoms with Gasteiger partial charge in [0.15, 0.2) is 17.7 Å². The third-order valence-corrected chi connectivity index (χ3v) is 4.61. The number of phosphoric ester groups is 1. The molecule has 12 heteroatoms. The van der Waals surface area contributed by atoms with Crippen LogP contribution in [0.1, 0.15) is 6.23 Å². The molecule has 4 heterocycles. The van der Waals surface area contributed by atoms with Crippen LogP contribution in [-0.2, 0) is 18.3 Å². The number of nitrogens with two attached hydrogens (primary N) is 1. The van der Waals surface area contributed by atoms with Gasteiger partial charge in [-0.05, 0) is 0 Å². The van der Waals surface area contributed by atoms with Crippen molar-refractivity contribution in [2.24, 2.45) is 0 Å². The molecule has 5 atom stereocenters. The molecule has 22 heavy (non-hydrogen) atoms. The smallest absolute Gasteiger partial charge is 0.386 e. The van der Waals surface area contributed by atoms with E-state index in [0.717, 1.165) is 0 Å². The Bertz CT molecular complexity index is 782. The highest BCUT2D eigenvalue weighted by molar-refractivity contribution is 7.47. The number of hydrogen-bond acceptors (Lipinski definition) is 9. The Kier molecular flexibility index (Phi) is 2.98. The molecule has 4 unspecified atom stereocenters. The van der Waals surface area contributed by atoms with E-state index in [-0.39, 0.29) is 12.4 Å². The van der Waals surface area contributed by atoms with Gasteiger partial charge in [0.2, 0.25) is 0 Å². The summed E-state index contributed by atoms with van der Waals surface area (Å²) in [6.07, 6.45) is -1.07. The average molecular weight is 329 g/mol. The van der Waals surface area contributed by atoms with Crippen LogP contribution in [0.4, 0.5) is 5.82 Å². The quantitative estimate of drug-likeness (QED) is 0.565. The highest BCUT2D eigenvalue weighted by Crippen LogP contribution is 2.52. The summed E-state index contributed by atoms with van der Waals surface area (Å²) in [5, 5.41) is 10.4. The second kappa shape index (κ2) is 4.69. The number of phosphoric acid groups is 1. The maximum atomic E-state index is 11.5. The normalized spacial score (nSPS) is 38.3. The van der Waals surface area contributed by atoms with Crippen molar-refractivity contribution in [3.05, 3.63) is 12.7 Å². The Balaban J connectivity index is 1.71. The summed E-state index contributed by atoms with van der Waals surface area (Å²) in [4.78, 5) is 21.3. The van der Waals surface area contributed by atoms with E-state index in [0.29, 0.717) is 11.2 Å². The first-order valence-electron chi connectivity index (χ1n) is 6.38. The van der Waals surface area contributed by atoms with Gasteiger partial charge in [0.25, 0.3) is 0 Å². The maximum absolute atomic E-state index is 11.5. The van der Waals surface area contributed by atoms with E-state index in [1.165, 1.54) is 17.2 Å². The molecule has 0 bridgehead atoms. The van der Waals surface area contributed by atoms with Crippen molar-refractivity contribution in [2.45, 2.75) is 24.5 Å². The Labute approximate surface area is 123 Å². The van der Waals surface area contributed by atoms with Gasteiger partial charge in [-0.3, -0.25) is 13.6 Å². The van der Waals surface area contributed by atoms with Gasteiger partial charge in [-0.15, -0.1) is 0 Å². The van der Waals surface area contributed by atoms with Gasteiger partial charge in [0.05, 0.1) is 12.9 Å². The average Bonchev–Trinajstić information content (AvgIpc) is 3.01. The zero-order valence-electron chi connectivity index (χ0n) is 11.0. The van der Waals surface area contributed by atoms with Crippen molar-refractivity contribution in [1.82, 2.24) is 19.5 Å². The van der Waals surface area contributed by atoms with Crippen LogP contribution in [0.2, 0.25) is 0 Å². The van der Waals surface area contributed by atoms with Gasteiger partial charge in [0, 0.05) is 0 Å². The van der Waals surface area contributed by atoms with Crippen molar-refractivity contribution in [2.75, 3.05) is 12.3 Å². The van der Waals surface area contributed by atoms with Crippen molar-refractivity contribution < 1.29 is 28.3 Å². The molecule has 0 spiro atoms. The predicted octanol–water partition coefficient (Wildman–Crippen LogP) is -0.817. The third kappa shape index (κ3) is 2.02. The first-order valence-corrected chi connectivity index (χ1v) is 7.88. The molecular formula is C10H12N5O6P. The Morgan fingerprint density at radius 1 is 1.41 bits per heavy atom. The fourth-order valence-corrected chi connectivity index (χ4v) is 3.59. The minimum Gasteiger partial charge on any atom is -0.386 e. The predicted molar refractivity (Wildman–Crippen MR) is 70.3 cm³/mol. The van der Waals surface area contributed by atoms with E-state index in [1.54, 1.807) is 0 Å². The molecule has 0 aliphatic carbocycles. The first kappa shape index (κ1) is 14.0. The van der Waals surface area contributed by atoms with Crippen LogP contribution >= 0.6 is 7.82 Å². The number of aromatic nitrogens is 4. The first-order chi connectivity index (χ1) is 10.5. The second-order valence-electron chi connectivity index (χ2n) is 4.97. The van der Waals surface area contributed by atoms with Crippen LogP contribution in [0.25, 0.3) is 11.2 Å². The summed E-state index contributed by atoms with van der Waals surface area (Å²) in [7, 11) is -4.16. The van der Waals surface area contributed by atoms with Crippen LogP contribution in [0.15, 0.2) is 12.7 Å². The number of aliphatic hydroxyl groups is 1. The van der Waals surface area contributed by atoms with E-state index in [2.05, 4.69) is 19.5 Å². The molecule has 0 aromatic carbocycles. The number of nitrogens with zero attached hydrogens (tertiary/aromatic N) is 4. The largest absolute Gasteiger partial charge is 0.472 e. The molecule has 2 fully saturated rings. The number of ether oxygens (including phenoxy) is 1. The number of imidazole rings is 1. The van der Waals surface area contributed by atoms with Gasteiger partial charge in [0.1, 0.15) is 30.2 Å². The lowest BCUT2D eigenvalue weighted by Crippen LogP contribution is -2.39. The molecule has 4 rings (SSSR count). The van der Waals surface area contributed by atoms with Gasteiger partial charge in [-0.2, -0.15) is 0 Å². The van der Waals surface area contributed by atoms with Crippen molar-refractivity contribution >= 4 is 24.8 Å². The zero-order valence-corrected chi connectivity index (χ0v) is 11.9. The molecule has 4 N–H and O–H groups in total. The number of rotatable bonds is 1. The van der Waals surface area contributed by atoms with Gasteiger partial charge in [-0.1, -0.05) is 0 Å². The zero-order chi connectivity index (χ0) is 15.5. The minimum atomic E-state index is -4.16. The summed E-state index contributed by atoms with van der Waals surface area (Å²) < 4.78 is 28.2. The Morgan fingerprint density at radius 2 is 2.23 bits per heavy atom. The number of aliphatic hydroxyl groups excluding tert-OH is 1. The summed E-state index contributed by atoms with van der Waals surface area (Å²) in [6, 6.07) is 0. The molecular weight excluding hydrogens is 317 g/mol. The van der Waals surface area contributed by atoms with Crippen LogP contribution in [0.5, 0.6) is 0 Å². The van der Waals surface area contributed by atoms with Crippen LogP contribution in [0.3, 0.4) is 0 Å². The molecule has 0 saturated carbocycles. The molecule has 2 aliphatic heterocycles. The van der Waals surface area contributed by atoms with Crippen LogP contribution < -0.4 is 5.73 Å². The molecule has 0 radical (unpaired) electrons. The maximum Gasteiger partial charge on any atom is 0.472 e. The fraction of sp³-hybridized carbons (Fsp3) is 0.500. The molecule has 11 nitrogen and oxygen atoms in total. The topological polar surface area (TPSA) is 155 Å². The van der Waals surface area contributed by atoms with E-state index in [4.69, 9.17) is 15.0 Å². The van der Waals surface area contributed by atoms with E-state index < -0.39 is 32.4 Å². The highest BCUT2D eigenvalue weighted by atomic mass is 31.2. The molecule has 2 aromatic rings. The SMILES string of the molecule is Nc1ncnc2c1ncn2[C@@H]1OC2COP(=O)(O)OC2C1O. The van der Waals surface area contributed by atoms with E-state index in [1.807, 2.05) is 0 Å². The molecule has 118 valence electrons. The van der Waals surface area contributed by atoms with Gasteiger partial charge in [-0.25, -0.2) is 19.5 Å². The van der Waals surface area contributed by atoms with Gasteiger partial charge >= 0.3 is 7.82 Å². The number of nitrogen functional groups attached to an aromatic ring is 1. The summed E-state index contributed by atoms with van der Waals surface area (Å²) >= 11 is 0. The standard InChI is InChI=1S/C10H12N5O6P/c11-8-5-9(13-2-12-8)15(3-14-5)10-6(16)7-4(20-10)1-19-22(17,18)21-7/h2-4,6-7,10,16H,1H2,(H,17,18)(H2,11,12,13)/t4?,6?,7?,10-/m1/s1. The fourth-order valence-electron chi connectivity index (χ4n) is 2.62. The molecule has 2 aliphatic rings. The molecule has 2 aromatic heterocycles. The number of anilines is 1. The van der Waals surface area contributed by atoms with Gasteiger partial charge < -0.3 is 20.5 Å². The van der Waals surface area contributed by atoms with Crippen molar-refractivity contribution in [1.29, 1.82) is 0 Å². The van der Waals surface area contributed by atoms with E-state index >= 15 is 0 Å². The Hall–Kier alpha value is -1.62. The monoisotopic (exact) mass is 329 g/mol. The van der Waals surface area contributed by atoms with Crippen LogP contribution in [-0.4, -0.2) is 54.4 Å². The summed E-state index contributed by atoms with van der Waals surface area (Å²) in [5.74, 6) is 0.202. The minimum absolute atomic E-state index is 0.157. The van der Waals surface area contributed by atoms with Crippen molar-refractivity contribution in [3.8, 4) is 0 Å². The lowest BCUT2D eigenvalue weighted by Gasteiger charge is -2.27. The van der Waals surface area contributed by atoms with Crippen LogP contribution in [0, 0.1) is 0 Å².